The van der Waals surface area contributed by atoms with Gasteiger partial charge < -0.3 is 9.47 Å². The molecule has 0 bridgehead atoms. The number of carbonyl (C=O) groups is 1. The number of halogens is 2. The van der Waals surface area contributed by atoms with E-state index in [-0.39, 0.29) is 23.8 Å². The second kappa shape index (κ2) is 10.3. The summed E-state index contributed by atoms with van der Waals surface area (Å²) in [4.78, 5) is 23.2. The van der Waals surface area contributed by atoms with Crippen LogP contribution >= 0.6 is 23.2 Å². The van der Waals surface area contributed by atoms with Gasteiger partial charge in [-0.3, -0.25) is 14.9 Å². The van der Waals surface area contributed by atoms with E-state index in [4.69, 9.17) is 32.7 Å². The van der Waals surface area contributed by atoms with Crippen LogP contribution in [0.5, 0.6) is 11.5 Å². The van der Waals surface area contributed by atoms with Crippen molar-refractivity contribution in [3.05, 3.63) is 103 Å². The SMILES string of the molecule is COc1ccc(/C=C/C(=O)c2ccc(Cl)c(Cl)c2)cc1COc1cc(C)ccc1[N+](=O)[O-]. The fourth-order valence-electron chi connectivity index (χ4n) is 2.98. The number of ether oxygens (including phenoxy) is 2. The first-order chi connectivity index (χ1) is 15.3. The summed E-state index contributed by atoms with van der Waals surface area (Å²) in [6, 6.07) is 14.7. The van der Waals surface area contributed by atoms with Gasteiger partial charge in [-0.1, -0.05) is 41.4 Å². The molecule has 164 valence electrons. The minimum absolute atomic E-state index is 0.0515. The molecule has 0 fully saturated rings. The maximum Gasteiger partial charge on any atom is 0.310 e. The van der Waals surface area contributed by atoms with Gasteiger partial charge in [0.15, 0.2) is 11.5 Å². The van der Waals surface area contributed by atoms with Crippen LogP contribution in [0.3, 0.4) is 0 Å². The van der Waals surface area contributed by atoms with E-state index in [2.05, 4.69) is 0 Å². The third kappa shape index (κ3) is 5.66. The molecular weight excluding hydrogens is 453 g/mol. The quantitative estimate of drug-likeness (QED) is 0.158. The molecule has 0 aliphatic heterocycles. The monoisotopic (exact) mass is 471 g/mol. The standard InChI is InChI=1S/C24H19Cl2NO5/c1-15-3-8-21(27(29)30)24(11-15)32-14-18-12-16(5-10-23(18)31-2)4-9-22(28)17-6-7-19(25)20(26)13-17/h3-13H,14H2,1-2H3/b9-4+. The van der Waals surface area contributed by atoms with Gasteiger partial charge in [0.25, 0.3) is 0 Å². The highest BCUT2D eigenvalue weighted by Crippen LogP contribution is 2.30. The predicted octanol–water partition coefficient (Wildman–Crippen LogP) is 6.69. The number of nitro benzene ring substituents is 1. The number of aryl methyl sites for hydroxylation is 1. The second-order valence-corrected chi connectivity index (χ2v) is 7.73. The Labute approximate surface area is 195 Å². The first-order valence-corrected chi connectivity index (χ1v) is 10.3. The van der Waals surface area contributed by atoms with Crippen LogP contribution in [0.25, 0.3) is 6.08 Å². The van der Waals surface area contributed by atoms with Gasteiger partial charge in [0.1, 0.15) is 12.4 Å². The summed E-state index contributed by atoms with van der Waals surface area (Å²) in [7, 11) is 1.53. The molecule has 3 aromatic carbocycles. The highest BCUT2D eigenvalue weighted by Gasteiger charge is 2.16. The van der Waals surface area contributed by atoms with E-state index >= 15 is 0 Å². The molecule has 0 saturated heterocycles. The normalized spacial score (nSPS) is 10.9. The maximum atomic E-state index is 12.4. The largest absolute Gasteiger partial charge is 0.496 e. The van der Waals surface area contributed by atoms with E-state index in [1.807, 2.05) is 6.92 Å². The highest BCUT2D eigenvalue weighted by molar-refractivity contribution is 6.42. The molecule has 0 atom stereocenters. The van der Waals surface area contributed by atoms with Crippen LogP contribution in [0.1, 0.15) is 27.0 Å². The van der Waals surface area contributed by atoms with Gasteiger partial charge in [-0.15, -0.1) is 0 Å². The molecule has 0 saturated carbocycles. The van der Waals surface area contributed by atoms with Crippen molar-refractivity contribution < 1.29 is 19.2 Å². The summed E-state index contributed by atoms with van der Waals surface area (Å²) in [6.45, 7) is 1.88. The second-order valence-electron chi connectivity index (χ2n) is 6.91. The van der Waals surface area contributed by atoms with Crippen LogP contribution in [0.4, 0.5) is 5.69 Å². The fraction of sp³-hybridized carbons (Fsp3) is 0.125. The molecule has 0 radical (unpaired) electrons. The van der Waals surface area contributed by atoms with E-state index in [1.54, 1.807) is 48.5 Å². The van der Waals surface area contributed by atoms with Crippen molar-refractivity contribution in [3.63, 3.8) is 0 Å². The number of hydrogen-bond acceptors (Lipinski definition) is 5. The Morgan fingerprint density at radius 1 is 1.03 bits per heavy atom. The van der Waals surface area contributed by atoms with Gasteiger partial charge in [0.05, 0.1) is 22.1 Å². The van der Waals surface area contributed by atoms with Gasteiger partial charge in [-0.2, -0.15) is 0 Å². The van der Waals surface area contributed by atoms with Crippen LogP contribution in [-0.4, -0.2) is 17.8 Å². The van der Waals surface area contributed by atoms with Crippen molar-refractivity contribution in [2.75, 3.05) is 7.11 Å². The minimum atomic E-state index is -0.486. The number of nitrogens with zero attached hydrogens (tertiary/aromatic N) is 1. The number of allylic oxidation sites excluding steroid dienone is 1. The van der Waals surface area contributed by atoms with E-state index in [1.165, 1.54) is 25.3 Å². The Kier molecular flexibility index (Phi) is 7.51. The summed E-state index contributed by atoms with van der Waals surface area (Å²) in [5, 5.41) is 12.0. The third-order valence-corrected chi connectivity index (χ3v) is 5.37. The molecule has 8 heteroatoms. The number of methoxy groups -OCH3 is 1. The average Bonchev–Trinajstić information content (AvgIpc) is 2.77. The Morgan fingerprint density at radius 3 is 2.50 bits per heavy atom. The fourth-order valence-corrected chi connectivity index (χ4v) is 3.27. The molecule has 0 unspecified atom stereocenters. The summed E-state index contributed by atoms with van der Waals surface area (Å²) >= 11 is 11.9. The number of benzene rings is 3. The maximum absolute atomic E-state index is 12.4. The molecule has 0 aliphatic rings. The van der Waals surface area contributed by atoms with Crippen LogP contribution in [0.2, 0.25) is 10.0 Å². The zero-order chi connectivity index (χ0) is 23.3. The van der Waals surface area contributed by atoms with Crippen molar-refractivity contribution in [2.24, 2.45) is 0 Å². The van der Waals surface area contributed by atoms with Crippen LogP contribution in [0.15, 0.2) is 60.7 Å². The van der Waals surface area contributed by atoms with Gasteiger partial charge in [-0.05, 0) is 60.5 Å². The molecule has 0 amide bonds. The lowest BCUT2D eigenvalue weighted by molar-refractivity contribution is -0.386. The first-order valence-electron chi connectivity index (χ1n) is 9.50. The average molecular weight is 472 g/mol. The zero-order valence-corrected chi connectivity index (χ0v) is 18.8. The summed E-state index contributed by atoms with van der Waals surface area (Å²) < 4.78 is 11.1. The Morgan fingerprint density at radius 2 is 1.81 bits per heavy atom. The molecular formula is C24H19Cl2NO5. The van der Waals surface area contributed by atoms with Gasteiger partial charge in [0.2, 0.25) is 0 Å². The van der Waals surface area contributed by atoms with E-state index in [0.29, 0.717) is 26.9 Å². The van der Waals surface area contributed by atoms with E-state index < -0.39 is 4.92 Å². The Hall–Kier alpha value is -3.35. The lowest BCUT2D eigenvalue weighted by Gasteiger charge is -2.12. The molecule has 32 heavy (non-hydrogen) atoms. The Balaban J connectivity index is 1.81. The predicted molar refractivity (Wildman–Crippen MR) is 125 cm³/mol. The number of carbonyl (C=O) groups excluding carboxylic acids is 1. The van der Waals surface area contributed by atoms with Gasteiger partial charge >= 0.3 is 5.69 Å². The number of hydrogen-bond donors (Lipinski definition) is 0. The van der Waals surface area contributed by atoms with Crippen molar-refractivity contribution in [2.45, 2.75) is 13.5 Å². The number of ketones is 1. The summed E-state index contributed by atoms with van der Waals surface area (Å²) in [5.41, 5.74) is 2.55. The van der Waals surface area contributed by atoms with Crippen molar-refractivity contribution in [3.8, 4) is 11.5 Å². The van der Waals surface area contributed by atoms with E-state index in [9.17, 15) is 14.9 Å². The molecule has 6 nitrogen and oxygen atoms in total. The zero-order valence-electron chi connectivity index (χ0n) is 17.3. The van der Waals surface area contributed by atoms with Crippen LogP contribution in [0, 0.1) is 17.0 Å². The van der Waals surface area contributed by atoms with Gasteiger partial charge in [0, 0.05) is 17.2 Å². The van der Waals surface area contributed by atoms with Crippen molar-refractivity contribution >= 4 is 40.7 Å². The van der Waals surface area contributed by atoms with Crippen molar-refractivity contribution in [1.29, 1.82) is 0 Å². The lowest BCUT2D eigenvalue weighted by Crippen LogP contribution is -2.02. The Bertz CT molecular complexity index is 1210. The molecule has 0 aliphatic carbocycles. The smallest absolute Gasteiger partial charge is 0.310 e. The van der Waals surface area contributed by atoms with Crippen LogP contribution < -0.4 is 9.47 Å². The topological polar surface area (TPSA) is 78.7 Å². The minimum Gasteiger partial charge on any atom is -0.496 e. The molecule has 0 N–H and O–H groups in total. The summed E-state index contributed by atoms with van der Waals surface area (Å²) in [5.74, 6) is 0.508. The number of nitro groups is 1. The van der Waals surface area contributed by atoms with E-state index in [0.717, 1.165) is 11.1 Å². The molecule has 3 rings (SSSR count). The summed E-state index contributed by atoms with van der Waals surface area (Å²) in [6.07, 6.45) is 3.08. The van der Waals surface area contributed by atoms with Gasteiger partial charge in [-0.25, -0.2) is 0 Å². The van der Waals surface area contributed by atoms with Crippen LogP contribution in [-0.2, 0) is 6.61 Å². The number of rotatable bonds is 8. The highest BCUT2D eigenvalue weighted by atomic mass is 35.5. The molecule has 0 aromatic heterocycles. The van der Waals surface area contributed by atoms with Crippen molar-refractivity contribution in [1.82, 2.24) is 0 Å². The third-order valence-electron chi connectivity index (χ3n) is 4.63. The lowest BCUT2D eigenvalue weighted by atomic mass is 10.1. The molecule has 3 aromatic rings. The molecule has 0 spiro atoms. The first kappa shape index (κ1) is 23.3. The molecule has 0 heterocycles.